The molecule has 0 amide bonds. The summed E-state index contributed by atoms with van der Waals surface area (Å²) < 4.78 is 0. The Morgan fingerprint density at radius 3 is 0.959 bits per heavy atom. The predicted octanol–water partition coefficient (Wildman–Crippen LogP) is 10.3. The van der Waals surface area contributed by atoms with Crippen LogP contribution in [0.15, 0.2) is 170 Å². The van der Waals surface area contributed by atoms with Crippen LogP contribution in [0.4, 0.5) is 0 Å². The molecule has 250 valence electrons. The number of hydrogen-bond donors (Lipinski definition) is 0. The van der Waals surface area contributed by atoms with Gasteiger partial charge in [-0.3, -0.25) is 0 Å². The molecular formula is C44H42Cl2P2Pd+2. The third-order valence-electron chi connectivity index (χ3n) is 10.6. The summed E-state index contributed by atoms with van der Waals surface area (Å²) in [6.07, 6.45) is 4.81. The largest absolute Gasteiger partial charge is 0.0970 e. The fourth-order valence-corrected chi connectivity index (χ4v) is 15.7. The van der Waals surface area contributed by atoms with E-state index in [1.54, 1.807) is 43.5 Å². The van der Waals surface area contributed by atoms with Gasteiger partial charge >= 0.3 is 35.0 Å². The van der Waals surface area contributed by atoms with Gasteiger partial charge in [0, 0.05) is 11.8 Å². The molecule has 4 atom stereocenters. The standard InChI is InChI=1S/C44H40P2.2ClH.Pd/c1-5-19-35(20-6-1)45(36-21-7-2-8-22-36)41-31-29-33-17-13-15-27-39(33)43(41)44-40-28-16-14-18-34(40)30-32-42(44)46(37-23-9-3-10-24-37)38-25-11-4-12-26-38;;;/h1-28,41-44H,29-32H2;2*1H;/q;;;+2/t41-,42-,43?,44?;;;/m0.../s1. The summed E-state index contributed by atoms with van der Waals surface area (Å²) in [5.74, 6) is 0.913. The SMILES string of the molecule is [Cl][Pd][Cl].c1ccc([PH+](c2ccccc2)[C@H]2CCc3ccccc3C2C2c3ccccc3CC[C@@H]2[PH+](c2ccccc2)c2ccccc2)cc1. The van der Waals surface area contributed by atoms with Crippen LogP contribution in [0, 0.1) is 0 Å². The van der Waals surface area contributed by atoms with Crippen molar-refractivity contribution in [1.82, 2.24) is 0 Å². The summed E-state index contributed by atoms with van der Waals surface area (Å²) in [6, 6.07) is 65.3. The van der Waals surface area contributed by atoms with Gasteiger partial charge in [0.2, 0.25) is 0 Å². The topological polar surface area (TPSA) is 0 Å². The van der Waals surface area contributed by atoms with Gasteiger partial charge in [-0.25, -0.2) is 0 Å². The molecule has 0 N–H and O–H groups in total. The molecule has 0 fully saturated rings. The van der Waals surface area contributed by atoms with E-state index in [0.29, 0.717) is 23.2 Å². The zero-order chi connectivity index (χ0) is 33.4. The number of fused-ring (bicyclic) bond motifs is 2. The minimum atomic E-state index is -1.11. The average Bonchev–Trinajstić information content (AvgIpc) is 3.17. The molecule has 0 aromatic heterocycles. The first-order valence-electron chi connectivity index (χ1n) is 17.2. The Morgan fingerprint density at radius 2 is 0.653 bits per heavy atom. The van der Waals surface area contributed by atoms with Gasteiger partial charge < -0.3 is 0 Å². The number of benzene rings is 6. The second-order valence-electron chi connectivity index (χ2n) is 13.1. The molecule has 6 aromatic rings. The average molecular weight is 810 g/mol. The third kappa shape index (κ3) is 7.71. The number of aryl methyl sites for hydroxylation is 2. The van der Waals surface area contributed by atoms with Gasteiger partial charge in [-0.15, -0.1) is 0 Å². The van der Waals surface area contributed by atoms with Crippen LogP contribution < -0.4 is 21.2 Å². The van der Waals surface area contributed by atoms with Crippen LogP contribution in [0.2, 0.25) is 0 Å². The number of rotatable bonds is 7. The molecule has 0 nitrogen and oxygen atoms in total. The van der Waals surface area contributed by atoms with Crippen LogP contribution in [0.3, 0.4) is 0 Å². The van der Waals surface area contributed by atoms with Gasteiger partial charge in [0.15, 0.2) is 0 Å². The quantitative estimate of drug-likeness (QED) is 0.111. The number of halogens is 2. The van der Waals surface area contributed by atoms with Gasteiger partial charge in [0.1, 0.15) is 0 Å². The van der Waals surface area contributed by atoms with E-state index < -0.39 is 15.8 Å². The first kappa shape index (κ1) is 34.9. The Labute approximate surface area is 310 Å². The molecule has 2 aliphatic carbocycles. The maximum absolute atomic E-state index is 4.81. The summed E-state index contributed by atoms with van der Waals surface area (Å²) in [4.78, 5) is 0. The third-order valence-corrected chi connectivity index (χ3v) is 17.2. The summed E-state index contributed by atoms with van der Waals surface area (Å²) in [5, 5.41) is 6.19. The molecule has 49 heavy (non-hydrogen) atoms. The molecule has 0 spiro atoms. The molecule has 0 saturated carbocycles. The summed E-state index contributed by atoms with van der Waals surface area (Å²) in [5.41, 5.74) is 7.53. The van der Waals surface area contributed by atoms with Crippen molar-refractivity contribution in [3.05, 3.63) is 192 Å². The smallest absolute Gasteiger partial charge is 0.0620 e. The molecule has 0 heterocycles. The van der Waals surface area contributed by atoms with E-state index in [0.717, 1.165) is 0 Å². The van der Waals surface area contributed by atoms with Crippen molar-refractivity contribution in [3.8, 4) is 0 Å². The minimum absolute atomic E-state index is 0.106. The van der Waals surface area contributed by atoms with E-state index >= 15 is 0 Å². The molecule has 0 saturated heterocycles. The fraction of sp³-hybridized carbons (Fsp3) is 0.182. The van der Waals surface area contributed by atoms with Crippen LogP contribution in [0.5, 0.6) is 0 Å². The van der Waals surface area contributed by atoms with Crippen molar-refractivity contribution in [2.75, 3.05) is 0 Å². The van der Waals surface area contributed by atoms with Gasteiger partial charge in [-0.05, 0) is 96.5 Å². The number of hydrogen-bond acceptors (Lipinski definition) is 0. The predicted molar refractivity (Wildman–Crippen MR) is 215 cm³/mol. The Hall–Kier alpha value is -2.58. The van der Waals surface area contributed by atoms with Crippen LogP contribution >= 0.6 is 34.9 Å². The second kappa shape index (κ2) is 17.1. The van der Waals surface area contributed by atoms with Crippen molar-refractivity contribution in [3.63, 3.8) is 0 Å². The van der Waals surface area contributed by atoms with Crippen LogP contribution in [-0.2, 0) is 28.8 Å². The van der Waals surface area contributed by atoms with Gasteiger partial charge in [0.05, 0.1) is 48.4 Å². The molecule has 0 aliphatic heterocycles. The Bertz CT molecular complexity index is 1690. The maximum atomic E-state index is 4.81. The zero-order valence-electron chi connectivity index (χ0n) is 27.4. The molecule has 0 bridgehead atoms. The molecule has 0 radical (unpaired) electrons. The Kier molecular flexibility index (Phi) is 12.2. The van der Waals surface area contributed by atoms with Crippen molar-refractivity contribution in [1.29, 1.82) is 0 Å². The van der Waals surface area contributed by atoms with Gasteiger partial charge in [0.25, 0.3) is 0 Å². The second-order valence-corrected chi connectivity index (χ2v) is 20.9. The summed E-state index contributed by atoms with van der Waals surface area (Å²) >= 11 is -0.106. The Morgan fingerprint density at radius 1 is 0.388 bits per heavy atom. The first-order chi connectivity index (χ1) is 24.3. The molecule has 5 heteroatoms. The van der Waals surface area contributed by atoms with Crippen molar-refractivity contribution in [2.45, 2.75) is 48.8 Å². The van der Waals surface area contributed by atoms with E-state index in [1.807, 2.05) is 0 Å². The molecule has 2 aliphatic rings. The zero-order valence-corrected chi connectivity index (χ0v) is 32.4. The monoisotopic (exact) mass is 808 g/mol. The molecule has 8 rings (SSSR count). The fourth-order valence-electron chi connectivity index (χ4n) is 8.78. The van der Waals surface area contributed by atoms with E-state index in [1.165, 1.54) is 25.7 Å². The van der Waals surface area contributed by atoms with E-state index in [-0.39, 0.29) is 15.9 Å². The van der Waals surface area contributed by atoms with Crippen molar-refractivity contribution < 1.29 is 15.9 Å². The van der Waals surface area contributed by atoms with Crippen molar-refractivity contribution >= 4 is 56.1 Å². The van der Waals surface area contributed by atoms with Crippen LogP contribution in [-0.4, -0.2) is 11.3 Å². The van der Waals surface area contributed by atoms with Crippen molar-refractivity contribution in [2.24, 2.45) is 0 Å². The van der Waals surface area contributed by atoms with E-state index in [4.69, 9.17) is 19.1 Å². The molecular weight excluding hydrogens is 768 g/mol. The molecule has 6 aromatic carbocycles. The first-order valence-corrected chi connectivity index (χ1v) is 24.4. The normalized spacial score (nSPS) is 19.8. The molecule has 2 unspecified atom stereocenters. The minimum Gasteiger partial charge on any atom is -0.0620 e. The van der Waals surface area contributed by atoms with Gasteiger partial charge in [-0.1, -0.05) is 121 Å². The van der Waals surface area contributed by atoms with Crippen LogP contribution in [0.1, 0.15) is 46.9 Å². The van der Waals surface area contributed by atoms with Crippen LogP contribution in [0.25, 0.3) is 0 Å². The maximum Gasteiger partial charge on any atom is 0.0970 e. The summed E-state index contributed by atoms with van der Waals surface area (Å²) in [7, 11) is 7.42. The van der Waals surface area contributed by atoms with Gasteiger partial charge in [-0.2, -0.15) is 0 Å². The Balaban J connectivity index is 0.00000122. The van der Waals surface area contributed by atoms with E-state index in [9.17, 15) is 0 Å². The summed E-state index contributed by atoms with van der Waals surface area (Å²) in [6.45, 7) is 0. The van der Waals surface area contributed by atoms with E-state index in [2.05, 4.69) is 170 Å².